The zero-order valence-electron chi connectivity index (χ0n) is 11.3. The smallest absolute Gasteiger partial charge is 0.262 e. The molecule has 0 aromatic heterocycles. The minimum Gasteiger partial charge on any atom is -0.484 e. The van der Waals surface area contributed by atoms with E-state index in [0.717, 1.165) is 5.56 Å². The van der Waals surface area contributed by atoms with E-state index in [1.165, 1.54) is 18.2 Å². The van der Waals surface area contributed by atoms with E-state index in [9.17, 15) is 9.18 Å². The zero-order valence-corrected chi connectivity index (χ0v) is 12.9. The first-order chi connectivity index (χ1) is 9.95. The summed E-state index contributed by atoms with van der Waals surface area (Å²) in [5, 5.41) is 2.72. The maximum atomic E-state index is 13.1. The van der Waals surface area contributed by atoms with Crippen molar-refractivity contribution in [3.05, 3.63) is 52.3 Å². The second-order valence-electron chi connectivity index (χ2n) is 4.49. The Balaban J connectivity index is 1.95. The minimum atomic E-state index is -0.387. The van der Waals surface area contributed by atoms with E-state index in [4.69, 9.17) is 10.5 Å². The molecule has 0 saturated heterocycles. The Hall–Kier alpha value is -2.08. The highest BCUT2D eigenvalue weighted by Gasteiger charge is 2.07. The van der Waals surface area contributed by atoms with Crippen LogP contribution in [0.5, 0.6) is 5.75 Å². The zero-order chi connectivity index (χ0) is 15.4. The van der Waals surface area contributed by atoms with Crippen molar-refractivity contribution >= 4 is 33.2 Å². The fourth-order valence-corrected chi connectivity index (χ4v) is 2.03. The van der Waals surface area contributed by atoms with E-state index in [1.807, 2.05) is 13.0 Å². The first kappa shape index (κ1) is 15.3. The number of carbonyl (C=O) groups excluding carboxylic acids is 1. The Morgan fingerprint density at radius 3 is 2.81 bits per heavy atom. The van der Waals surface area contributed by atoms with E-state index in [-0.39, 0.29) is 22.8 Å². The first-order valence-corrected chi connectivity index (χ1v) is 6.99. The molecule has 6 heteroatoms. The lowest BCUT2D eigenvalue weighted by atomic mass is 10.2. The third-order valence-corrected chi connectivity index (χ3v) is 3.40. The Kier molecular flexibility index (Phi) is 4.80. The van der Waals surface area contributed by atoms with Crippen molar-refractivity contribution in [2.75, 3.05) is 17.7 Å². The SMILES string of the molecule is Cc1ccc(N)cc1NC(=O)COc1ccc(F)c(Br)c1. The van der Waals surface area contributed by atoms with Gasteiger partial charge in [0.2, 0.25) is 0 Å². The number of hydrogen-bond donors (Lipinski definition) is 2. The van der Waals surface area contributed by atoms with Gasteiger partial charge in [-0.1, -0.05) is 6.07 Å². The van der Waals surface area contributed by atoms with Gasteiger partial charge < -0.3 is 15.8 Å². The highest BCUT2D eigenvalue weighted by Crippen LogP contribution is 2.22. The molecule has 21 heavy (non-hydrogen) atoms. The first-order valence-electron chi connectivity index (χ1n) is 6.19. The number of benzene rings is 2. The monoisotopic (exact) mass is 352 g/mol. The number of nitrogens with two attached hydrogens (primary N) is 1. The number of anilines is 2. The molecule has 0 heterocycles. The molecule has 3 N–H and O–H groups in total. The van der Waals surface area contributed by atoms with Crippen molar-refractivity contribution in [2.45, 2.75) is 6.92 Å². The Morgan fingerprint density at radius 2 is 2.10 bits per heavy atom. The lowest BCUT2D eigenvalue weighted by Crippen LogP contribution is -2.20. The summed E-state index contributed by atoms with van der Waals surface area (Å²) in [6.45, 7) is 1.69. The van der Waals surface area contributed by atoms with Crippen LogP contribution in [0.1, 0.15) is 5.56 Å². The molecule has 0 bridgehead atoms. The number of amides is 1. The van der Waals surface area contributed by atoms with Gasteiger partial charge in [-0.3, -0.25) is 4.79 Å². The predicted octanol–water partition coefficient (Wildman–Crippen LogP) is 3.50. The van der Waals surface area contributed by atoms with E-state index >= 15 is 0 Å². The van der Waals surface area contributed by atoms with Crippen LogP contribution in [0.3, 0.4) is 0 Å². The van der Waals surface area contributed by atoms with Gasteiger partial charge in [-0.15, -0.1) is 0 Å². The van der Waals surface area contributed by atoms with Gasteiger partial charge in [-0.05, 0) is 58.7 Å². The summed E-state index contributed by atoms with van der Waals surface area (Å²) in [5.41, 5.74) is 7.79. The highest BCUT2D eigenvalue weighted by molar-refractivity contribution is 9.10. The molecule has 0 aliphatic carbocycles. The number of aryl methyl sites for hydroxylation is 1. The van der Waals surface area contributed by atoms with E-state index in [1.54, 1.807) is 12.1 Å². The molecule has 0 fully saturated rings. The molecule has 110 valence electrons. The number of hydrogen-bond acceptors (Lipinski definition) is 3. The molecule has 0 spiro atoms. The summed E-state index contributed by atoms with van der Waals surface area (Å²) in [7, 11) is 0. The van der Waals surface area contributed by atoms with Crippen LogP contribution in [-0.2, 0) is 4.79 Å². The van der Waals surface area contributed by atoms with Crippen molar-refractivity contribution in [3.8, 4) is 5.75 Å². The van der Waals surface area contributed by atoms with Crippen LogP contribution < -0.4 is 15.8 Å². The number of carbonyl (C=O) groups is 1. The van der Waals surface area contributed by atoms with Crippen molar-refractivity contribution < 1.29 is 13.9 Å². The molecular weight excluding hydrogens is 339 g/mol. The van der Waals surface area contributed by atoms with Crippen molar-refractivity contribution in [1.29, 1.82) is 0 Å². The van der Waals surface area contributed by atoms with E-state index in [2.05, 4.69) is 21.2 Å². The van der Waals surface area contributed by atoms with Crippen LogP contribution in [0.15, 0.2) is 40.9 Å². The van der Waals surface area contributed by atoms with Crippen molar-refractivity contribution in [2.24, 2.45) is 0 Å². The molecule has 1 amide bonds. The van der Waals surface area contributed by atoms with Gasteiger partial charge in [-0.25, -0.2) is 4.39 Å². The van der Waals surface area contributed by atoms with Gasteiger partial charge in [0.05, 0.1) is 4.47 Å². The highest BCUT2D eigenvalue weighted by atomic mass is 79.9. The number of nitrogen functional groups attached to an aromatic ring is 1. The molecule has 0 atom stereocenters. The van der Waals surface area contributed by atoms with Gasteiger partial charge in [0, 0.05) is 11.4 Å². The summed E-state index contributed by atoms with van der Waals surface area (Å²) in [6.07, 6.45) is 0. The summed E-state index contributed by atoms with van der Waals surface area (Å²) in [4.78, 5) is 11.8. The Bertz CT molecular complexity index is 677. The average Bonchev–Trinajstić information content (AvgIpc) is 2.44. The molecule has 2 rings (SSSR count). The van der Waals surface area contributed by atoms with E-state index in [0.29, 0.717) is 17.1 Å². The fraction of sp³-hybridized carbons (Fsp3) is 0.133. The normalized spacial score (nSPS) is 10.2. The van der Waals surface area contributed by atoms with Gasteiger partial charge in [-0.2, -0.15) is 0 Å². The number of ether oxygens (including phenoxy) is 1. The molecule has 2 aromatic carbocycles. The molecule has 2 aromatic rings. The lowest BCUT2D eigenvalue weighted by Gasteiger charge is -2.10. The number of halogens is 2. The Morgan fingerprint density at radius 1 is 1.33 bits per heavy atom. The molecule has 0 radical (unpaired) electrons. The molecule has 0 saturated carbocycles. The van der Waals surface area contributed by atoms with Crippen LogP contribution in [0.2, 0.25) is 0 Å². The second-order valence-corrected chi connectivity index (χ2v) is 5.34. The Labute approximate surface area is 130 Å². The van der Waals surface area contributed by atoms with Crippen LogP contribution in [0.25, 0.3) is 0 Å². The minimum absolute atomic E-state index is 0.174. The number of rotatable bonds is 4. The summed E-state index contributed by atoms with van der Waals surface area (Å²) in [6, 6.07) is 9.45. The van der Waals surface area contributed by atoms with Crippen LogP contribution in [0.4, 0.5) is 15.8 Å². The molecule has 0 aliphatic rings. The van der Waals surface area contributed by atoms with Crippen LogP contribution in [-0.4, -0.2) is 12.5 Å². The van der Waals surface area contributed by atoms with Gasteiger partial charge >= 0.3 is 0 Å². The second kappa shape index (κ2) is 6.58. The average molecular weight is 353 g/mol. The maximum absolute atomic E-state index is 13.1. The van der Waals surface area contributed by atoms with E-state index < -0.39 is 0 Å². The topological polar surface area (TPSA) is 64.3 Å². The largest absolute Gasteiger partial charge is 0.484 e. The van der Waals surface area contributed by atoms with Crippen LogP contribution in [0, 0.1) is 12.7 Å². The fourth-order valence-electron chi connectivity index (χ4n) is 1.68. The van der Waals surface area contributed by atoms with Gasteiger partial charge in [0.25, 0.3) is 5.91 Å². The molecule has 4 nitrogen and oxygen atoms in total. The molecule has 0 aliphatic heterocycles. The maximum Gasteiger partial charge on any atom is 0.262 e. The molecule has 0 unspecified atom stereocenters. The van der Waals surface area contributed by atoms with Crippen molar-refractivity contribution in [3.63, 3.8) is 0 Å². The third-order valence-electron chi connectivity index (χ3n) is 2.80. The number of nitrogens with one attached hydrogen (secondary N) is 1. The standard InChI is InChI=1S/C15H14BrFN2O2/c1-9-2-3-10(18)6-14(9)19-15(20)8-21-11-4-5-13(17)12(16)7-11/h2-7H,8,18H2,1H3,(H,19,20). The quantitative estimate of drug-likeness (QED) is 0.827. The predicted molar refractivity (Wildman–Crippen MR) is 83.8 cm³/mol. The lowest BCUT2D eigenvalue weighted by molar-refractivity contribution is -0.118. The summed E-state index contributed by atoms with van der Waals surface area (Å²) < 4.78 is 18.7. The van der Waals surface area contributed by atoms with Crippen LogP contribution >= 0.6 is 15.9 Å². The van der Waals surface area contributed by atoms with Crippen molar-refractivity contribution in [1.82, 2.24) is 0 Å². The van der Waals surface area contributed by atoms with Gasteiger partial charge in [0.15, 0.2) is 6.61 Å². The van der Waals surface area contributed by atoms with Gasteiger partial charge in [0.1, 0.15) is 11.6 Å². The molecular formula is C15H14BrFN2O2. The summed E-state index contributed by atoms with van der Waals surface area (Å²) >= 11 is 3.05. The third kappa shape index (κ3) is 4.19. The summed E-state index contributed by atoms with van der Waals surface area (Å²) in [5.74, 6) is -0.297.